The first-order valence-electron chi connectivity index (χ1n) is 6.34. The largest absolute Gasteiger partial charge is 0.496 e. The Hall–Kier alpha value is -1.75. The maximum atomic E-state index is 12.2. The van der Waals surface area contributed by atoms with Gasteiger partial charge in [-0.1, -0.05) is 13.8 Å². The van der Waals surface area contributed by atoms with Gasteiger partial charge < -0.3 is 20.9 Å². The lowest BCUT2D eigenvalue weighted by molar-refractivity contribution is 0.0913. The number of ether oxygens (including phenoxy) is 1. The molecular weight excluding hydrogens is 244 g/mol. The number of hydrogen-bond acceptors (Lipinski definition) is 4. The van der Waals surface area contributed by atoms with Gasteiger partial charge in [-0.25, -0.2) is 0 Å². The first kappa shape index (κ1) is 15.3. The van der Waals surface area contributed by atoms with Gasteiger partial charge in [-0.15, -0.1) is 0 Å². The first-order chi connectivity index (χ1) is 8.99. The van der Waals surface area contributed by atoms with Crippen LogP contribution in [0.4, 0.5) is 5.69 Å². The van der Waals surface area contributed by atoms with E-state index >= 15 is 0 Å². The van der Waals surface area contributed by atoms with Gasteiger partial charge in [0.05, 0.1) is 12.7 Å². The van der Waals surface area contributed by atoms with Gasteiger partial charge in [0.1, 0.15) is 5.75 Å². The molecule has 0 heterocycles. The maximum Gasteiger partial charge on any atom is 0.255 e. The minimum atomic E-state index is -0.240. The molecule has 0 fully saturated rings. The third-order valence-electron chi connectivity index (χ3n) is 3.03. The van der Waals surface area contributed by atoms with Crippen molar-refractivity contribution >= 4 is 11.6 Å². The molecule has 0 aromatic heterocycles. The van der Waals surface area contributed by atoms with Gasteiger partial charge in [0, 0.05) is 18.3 Å². The number of rotatable bonds is 6. The highest BCUT2D eigenvalue weighted by Crippen LogP contribution is 2.21. The molecule has 19 heavy (non-hydrogen) atoms. The number of hydrogen-bond donors (Lipinski definition) is 3. The van der Waals surface area contributed by atoms with Gasteiger partial charge in [0.15, 0.2) is 0 Å². The molecule has 0 saturated carbocycles. The SMILES string of the molecule is COc1ccc(N)cc1C(=O)NC(CCO)C(C)C. The van der Waals surface area contributed by atoms with Crippen LogP contribution in [0.3, 0.4) is 0 Å². The number of carbonyl (C=O) groups is 1. The van der Waals surface area contributed by atoms with E-state index < -0.39 is 0 Å². The molecule has 1 unspecified atom stereocenters. The number of carbonyl (C=O) groups excluding carboxylic acids is 1. The van der Waals surface area contributed by atoms with Crippen molar-refractivity contribution in [3.05, 3.63) is 23.8 Å². The normalized spacial score (nSPS) is 12.3. The molecule has 1 rings (SSSR count). The number of nitrogens with one attached hydrogen (secondary N) is 1. The predicted octanol–water partition coefficient (Wildman–Crippen LogP) is 1.41. The fourth-order valence-corrected chi connectivity index (χ4v) is 1.86. The number of methoxy groups -OCH3 is 1. The van der Waals surface area contributed by atoms with E-state index in [1.165, 1.54) is 7.11 Å². The second kappa shape index (κ2) is 6.99. The highest BCUT2D eigenvalue weighted by atomic mass is 16.5. The second-order valence-electron chi connectivity index (χ2n) is 4.80. The van der Waals surface area contributed by atoms with Gasteiger partial charge in [-0.2, -0.15) is 0 Å². The van der Waals surface area contributed by atoms with Crippen LogP contribution >= 0.6 is 0 Å². The zero-order valence-corrected chi connectivity index (χ0v) is 11.6. The summed E-state index contributed by atoms with van der Waals surface area (Å²) in [4.78, 5) is 12.2. The predicted molar refractivity (Wildman–Crippen MR) is 75.2 cm³/mol. The van der Waals surface area contributed by atoms with E-state index in [1.807, 2.05) is 13.8 Å². The molecule has 0 radical (unpaired) electrons. The molecule has 0 aliphatic rings. The molecule has 1 aromatic carbocycles. The molecule has 1 atom stereocenters. The molecule has 0 spiro atoms. The van der Waals surface area contributed by atoms with Crippen LogP contribution in [0.25, 0.3) is 0 Å². The lowest BCUT2D eigenvalue weighted by Gasteiger charge is -2.22. The van der Waals surface area contributed by atoms with Crippen molar-refractivity contribution in [2.75, 3.05) is 19.5 Å². The number of nitrogens with two attached hydrogens (primary N) is 1. The lowest BCUT2D eigenvalue weighted by Crippen LogP contribution is -2.39. The molecule has 5 nitrogen and oxygen atoms in total. The van der Waals surface area contributed by atoms with Crippen molar-refractivity contribution in [2.45, 2.75) is 26.3 Å². The summed E-state index contributed by atoms with van der Waals surface area (Å²) in [5, 5.41) is 11.9. The molecule has 4 N–H and O–H groups in total. The van der Waals surface area contributed by atoms with E-state index in [0.29, 0.717) is 23.4 Å². The number of nitrogen functional groups attached to an aromatic ring is 1. The number of aliphatic hydroxyl groups excluding tert-OH is 1. The zero-order valence-electron chi connectivity index (χ0n) is 11.6. The average molecular weight is 266 g/mol. The number of benzene rings is 1. The van der Waals surface area contributed by atoms with E-state index in [0.717, 1.165) is 0 Å². The molecule has 0 saturated heterocycles. The maximum absolute atomic E-state index is 12.2. The van der Waals surface area contributed by atoms with E-state index in [9.17, 15) is 4.79 Å². The third kappa shape index (κ3) is 4.13. The van der Waals surface area contributed by atoms with Crippen LogP contribution in [-0.2, 0) is 0 Å². The highest BCUT2D eigenvalue weighted by Gasteiger charge is 2.19. The highest BCUT2D eigenvalue weighted by molar-refractivity contribution is 5.98. The Bertz CT molecular complexity index is 433. The zero-order chi connectivity index (χ0) is 14.4. The monoisotopic (exact) mass is 266 g/mol. The van der Waals surface area contributed by atoms with Crippen molar-refractivity contribution in [3.8, 4) is 5.75 Å². The third-order valence-corrected chi connectivity index (χ3v) is 3.03. The number of anilines is 1. The Morgan fingerprint density at radius 3 is 2.68 bits per heavy atom. The van der Waals surface area contributed by atoms with Crippen LogP contribution < -0.4 is 15.8 Å². The van der Waals surface area contributed by atoms with E-state index in [2.05, 4.69) is 5.32 Å². The summed E-state index contributed by atoms with van der Waals surface area (Å²) >= 11 is 0. The minimum absolute atomic E-state index is 0.0389. The topological polar surface area (TPSA) is 84.6 Å². The summed E-state index contributed by atoms with van der Waals surface area (Å²) in [5.74, 6) is 0.484. The van der Waals surface area contributed by atoms with Crippen LogP contribution in [0.2, 0.25) is 0 Å². The van der Waals surface area contributed by atoms with Crippen molar-refractivity contribution in [3.63, 3.8) is 0 Å². The summed E-state index contributed by atoms with van der Waals surface area (Å²) in [6.07, 6.45) is 0.522. The summed E-state index contributed by atoms with van der Waals surface area (Å²) in [5.41, 5.74) is 6.61. The van der Waals surface area contributed by atoms with Gasteiger partial charge in [0.25, 0.3) is 5.91 Å². The van der Waals surface area contributed by atoms with E-state index in [1.54, 1.807) is 18.2 Å². The van der Waals surface area contributed by atoms with Crippen LogP contribution in [0.1, 0.15) is 30.6 Å². The molecule has 0 aliphatic carbocycles. The van der Waals surface area contributed by atoms with Gasteiger partial charge in [-0.3, -0.25) is 4.79 Å². The fourth-order valence-electron chi connectivity index (χ4n) is 1.86. The Labute approximate surface area is 113 Å². The summed E-state index contributed by atoms with van der Waals surface area (Å²) in [6.45, 7) is 4.03. The van der Waals surface area contributed by atoms with Crippen molar-refractivity contribution in [2.24, 2.45) is 5.92 Å². The van der Waals surface area contributed by atoms with Gasteiger partial charge in [-0.05, 0) is 30.5 Å². The number of amides is 1. The molecule has 0 aliphatic heterocycles. The van der Waals surface area contributed by atoms with Crippen LogP contribution in [0.15, 0.2) is 18.2 Å². The van der Waals surface area contributed by atoms with Crippen molar-refractivity contribution < 1.29 is 14.6 Å². The fraction of sp³-hybridized carbons (Fsp3) is 0.500. The first-order valence-corrected chi connectivity index (χ1v) is 6.34. The van der Waals surface area contributed by atoms with E-state index in [-0.39, 0.29) is 24.5 Å². The standard InChI is InChI=1S/C14H22N2O3/c1-9(2)12(6-7-17)16-14(18)11-8-10(15)4-5-13(11)19-3/h4-5,8-9,12,17H,6-7,15H2,1-3H3,(H,16,18). The van der Waals surface area contributed by atoms with Crippen LogP contribution in [0, 0.1) is 5.92 Å². The molecular formula is C14H22N2O3. The molecule has 1 amide bonds. The summed E-state index contributed by atoms with van der Waals surface area (Å²) in [6, 6.07) is 4.86. The molecule has 106 valence electrons. The lowest BCUT2D eigenvalue weighted by atomic mass is 10.0. The molecule has 0 bridgehead atoms. The number of aliphatic hydroxyl groups is 1. The van der Waals surface area contributed by atoms with Crippen LogP contribution in [0.5, 0.6) is 5.75 Å². The molecule has 1 aromatic rings. The minimum Gasteiger partial charge on any atom is -0.496 e. The quantitative estimate of drug-likeness (QED) is 0.680. The van der Waals surface area contributed by atoms with Crippen molar-refractivity contribution in [1.29, 1.82) is 0 Å². The van der Waals surface area contributed by atoms with Gasteiger partial charge >= 0.3 is 0 Å². The van der Waals surface area contributed by atoms with Crippen LogP contribution in [-0.4, -0.2) is 30.8 Å². The average Bonchev–Trinajstić information content (AvgIpc) is 2.37. The van der Waals surface area contributed by atoms with Gasteiger partial charge in [0.2, 0.25) is 0 Å². The Balaban J connectivity index is 2.90. The second-order valence-corrected chi connectivity index (χ2v) is 4.80. The summed E-state index contributed by atoms with van der Waals surface area (Å²) < 4.78 is 5.16. The summed E-state index contributed by atoms with van der Waals surface area (Å²) in [7, 11) is 1.51. The Morgan fingerprint density at radius 2 is 2.16 bits per heavy atom. The van der Waals surface area contributed by atoms with Crippen molar-refractivity contribution in [1.82, 2.24) is 5.32 Å². The Morgan fingerprint density at radius 1 is 1.47 bits per heavy atom. The Kier molecular flexibility index (Phi) is 5.63. The van der Waals surface area contributed by atoms with E-state index in [4.69, 9.17) is 15.6 Å². The smallest absolute Gasteiger partial charge is 0.255 e. The molecule has 5 heteroatoms.